The average molecular weight is 184 g/mol. The normalized spacial score (nSPS) is 31.1. The predicted octanol–water partition coefficient (Wildman–Crippen LogP) is 1.41. The molecule has 1 heterocycles. The minimum Gasteiger partial charge on any atom is -0.460 e. The summed E-state index contributed by atoms with van der Waals surface area (Å²) in [5.41, 5.74) is 0. The van der Waals surface area contributed by atoms with Crippen molar-refractivity contribution in [1.82, 2.24) is 0 Å². The first kappa shape index (κ1) is 10.3. The highest BCUT2D eigenvalue weighted by Crippen LogP contribution is 2.11. The van der Waals surface area contributed by atoms with Gasteiger partial charge in [0, 0.05) is 6.08 Å². The number of rotatable bonds is 0. The van der Waals surface area contributed by atoms with Crippen LogP contribution in [0, 0.1) is 0 Å². The van der Waals surface area contributed by atoms with Gasteiger partial charge in [0.15, 0.2) is 0 Å². The molecule has 74 valence electrons. The molecule has 0 saturated carbocycles. The molecule has 0 fully saturated rings. The van der Waals surface area contributed by atoms with E-state index in [-0.39, 0.29) is 12.1 Å². The largest absolute Gasteiger partial charge is 0.460 e. The van der Waals surface area contributed by atoms with E-state index >= 15 is 0 Å². The molecule has 1 aliphatic heterocycles. The van der Waals surface area contributed by atoms with Crippen LogP contribution in [-0.4, -0.2) is 23.3 Å². The fraction of sp³-hybridized carbons (Fsp3) is 0.700. The van der Waals surface area contributed by atoms with E-state index in [1.165, 1.54) is 12.2 Å². The Kier molecular flexibility index (Phi) is 3.96. The van der Waals surface area contributed by atoms with Crippen LogP contribution in [0.2, 0.25) is 0 Å². The molecule has 1 aliphatic rings. The van der Waals surface area contributed by atoms with Gasteiger partial charge >= 0.3 is 5.97 Å². The van der Waals surface area contributed by atoms with Gasteiger partial charge in [0.05, 0.1) is 12.2 Å². The first-order valence-electron chi connectivity index (χ1n) is 4.75. The topological polar surface area (TPSA) is 46.5 Å². The van der Waals surface area contributed by atoms with E-state index in [2.05, 4.69) is 0 Å². The molecule has 0 aromatic rings. The van der Waals surface area contributed by atoms with E-state index in [1.54, 1.807) is 0 Å². The van der Waals surface area contributed by atoms with Crippen LogP contribution in [0.4, 0.5) is 0 Å². The summed E-state index contributed by atoms with van der Waals surface area (Å²) in [6.45, 7) is 1.89. The minimum atomic E-state index is -0.499. The number of aliphatic hydroxyl groups is 1. The number of aliphatic hydroxyl groups excluding tert-OH is 1. The molecule has 0 spiro atoms. The van der Waals surface area contributed by atoms with Crippen molar-refractivity contribution >= 4 is 5.97 Å². The zero-order valence-corrected chi connectivity index (χ0v) is 7.90. The van der Waals surface area contributed by atoms with Crippen LogP contribution in [0.5, 0.6) is 0 Å². The van der Waals surface area contributed by atoms with Gasteiger partial charge in [-0.05, 0) is 32.3 Å². The SMILES string of the molecule is CC1CCCCC(O)C=CC(=O)O1. The monoisotopic (exact) mass is 184 g/mol. The number of carbonyl (C=O) groups is 1. The zero-order valence-electron chi connectivity index (χ0n) is 7.90. The highest BCUT2D eigenvalue weighted by molar-refractivity contribution is 5.82. The lowest BCUT2D eigenvalue weighted by molar-refractivity contribution is -0.142. The predicted molar refractivity (Wildman–Crippen MR) is 49.2 cm³/mol. The molecular weight excluding hydrogens is 168 g/mol. The van der Waals surface area contributed by atoms with E-state index in [4.69, 9.17) is 4.74 Å². The third-order valence-electron chi connectivity index (χ3n) is 2.13. The van der Waals surface area contributed by atoms with Crippen molar-refractivity contribution in [3.63, 3.8) is 0 Å². The zero-order chi connectivity index (χ0) is 9.68. The van der Waals surface area contributed by atoms with E-state index in [0.717, 1.165) is 25.7 Å². The Bertz CT molecular complexity index is 198. The molecule has 0 amide bonds. The van der Waals surface area contributed by atoms with E-state index in [1.807, 2.05) is 6.92 Å². The fourth-order valence-electron chi connectivity index (χ4n) is 1.37. The summed E-state index contributed by atoms with van der Waals surface area (Å²) in [5.74, 6) is -0.353. The summed E-state index contributed by atoms with van der Waals surface area (Å²) in [6, 6.07) is 0. The van der Waals surface area contributed by atoms with Gasteiger partial charge in [-0.15, -0.1) is 0 Å². The van der Waals surface area contributed by atoms with Gasteiger partial charge in [-0.2, -0.15) is 0 Å². The van der Waals surface area contributed by atoms with Crippen molar-refractivity contribution in [3.05, 3.63) is 12.2 Å². The summed E-state index contributed by atoms with van der Waals surface area (Å²) >= 11 is 0. The molecule has 0 aromatic heterocycles. The first-order chi connectivity index (χ1) is 6.18. The smallest absolute Gasteiger partial charge is 0.330 e. The molecule has 0 bridgehead atoms. The maximum Gasteiger partial charge on any atom is 0.330 e. The average Bonchev–Trinajstić information content (AvgIpc) is 2.08. The highest BCUT2D eigenvalue weighted by Gasteiger charge is 2.10. The lowest BCUT2D eigenvalue weighted by Gasteiger charge is -2.14. The van der Waals surface area contributed by atoms with Crippen molar-refractivity contribution in [2.45, 2.75) is 44.8 Å². The van der Waals surface area contributed by atoms with Crippen molar-refractivity contribution in [2.75, 3.05) is 0 Å². The molecule has 0 aromatic carbocycles. The molecule has 1 rings (SSSR count). The molecular formula is C10H16O3. The second kappa shape index (κ2) is 5.02. The number of esters is 1. The molecule has 2 unspecified atom stereocenters. The summed E-state index contributed by atoms with van der Waals surface area (Å²) in [7, 11) is 0. The molecule has 0 aliphatic carbocycles. The summed E-state index contributed by atoms with van der Waals surface area (Å²) < 4.78 is 5.04. The van der Waals surface area contributed by atoms with E-state index < -0.39 is 6.10 Å². The van der Waals surface area contributed by atoms with Crippen LogP contribution in [0.25, 0.3) is 0 Å². The Morgan fingerprint density at radius 3 is 2.92 bits per heavy atom. The molecule has 0 saturated heterocycles. The van der Waals surface area contributed by atoms with Crippen molar-refractivity contribution in [2.24, 2.45) is 0 Å². The van der Waals surface area contributed by atoms with Crippen molar-refractivity contribution in [1.29, 1.82) is 0 Å². The Morgan fingerprint density at radius 1 is 1.46 bits per heavy atom. The minimum absolute atomic E-state index is 0.00704. The van der Waals surface area contributed by atoms with Crippen LogP contribution >= 0.6 is 0 Å². The Morgan fingerprint density at radius 2 is 2.15 bits per heavy atom. The Labute approximate surface area is 78.4 Å². The third kappa shape index (κ3) is 4.08. The second-order valence-electron chi connectivity index (χ2n) is 3.46. The molecule has 3 heteroatoms. The third-order valence-corrected chi connectivity index (χ3v) is 2.13. The molecule has 1 N–H and O–H groups in total. The first-order valence-corrected chi connectivity index (χ1v) is 4.75. The van der Waals surface area contributed by atoms with Gasteiger partial charge in [-0.3, -0.25) is 0 Å². The highest BCUT2D eigenvalue weighted by atomic mass is 16.5. The second-order valence-corrected chi connectivity index (χ2v) is 3.46. The molecule has 3 nitrogen and oxygen atoms in total. The number of cyclic esters (lactones) is 1. The van der Waals surface area contributed by atoms with E-state index in [9.17, 15) is 9.90 Å². The van der Waals surface area contributed by atoms with Gasteiger partial charge in [-0.1, -0.05) is 6.42 Å². The molecule has 2 atom stereocenters. The summed E-state index contributed by atoms with van der Waals surface area (Å²) in [4.78, 5) is 11.0. The number of ether oxygens (including phenoxy) is 1. The maximum atomic E-state index is 11.0. The van der Waals surface area contributed by atoms with Crippen LogP contribution in [0.3, 0.4) is 0 Å². The van der Waals surface area contributed by atoms with Crippen molar-refractivity contribution < 1.29 is 14.6 Å². The Balaban J connectivity index is 2.52. The molecule has 0 radical (unpaired) electrons. The van der Waals surface area contributed by atoms with Gasteiger partial charge in [0.2, 0.25) is 0 Å². The van der Waals surface area contributed by atoms with Crippen molar-refractivity contribution in [3.8, 4) is 0 Å². The standard InChI is InChI=1S/C10H16O3/c1-8-4-2-3-5-9(11)6-7-10(12)13-8/h6-9,11H,2-5H2,1H3. The number of carbonyl (C=O) groups excluding carboxylic acids is 1. The van der Waals surface area contributed by atoms with Crippen LogP contribution in [0.1, 0.15) is 32.6 Å². The maximum absolute atomic E-state index is 11.0. The fourth-order valence-corrected chi connectivity index (χ4v) is 1.37. The van der Waals surface area contributed by atoms with Crippen LogP contribution in [0.15, 0.2) is 12.2 Å². The van der Waals surface area contributed by atoms with Crippen LogP contribution in [-0.2, 0) is 9.53 Å². The molecule has 13 heavy (non-hydrogen) atoms. The van der Waals surface area contributed by atoms with E-state index in [0.29, 0.717) is 0 Å². The van der Waals surface area contributed by atoms with Gasteiger partial charge in [-0.25, -0.2) is 4.79 Å². The summed E-state index contributed by atoms with van der Waals surface area (Å²) in [5, 5.41) is 9.32. The quantitative estimate of drug-likeness (QED) is 0.579. The van der Waals surface area contributed by atoms with Crippen LogP contribution < -0.4 is 0 Å². The lowest BCUT2D eigenvalue weighted by atomic mass is 10.1. The van der Waals surface area contributed by atoms with Gasteiger partial charge < -0.3 is 9.84 Å². The Hall–Kier alpha value is -0.830. The lowest BCUT2D eigenvalue weighted by Crippen LogP contribution is -2.15. The van der Waals surface area contributed by atoms with Gasteiger partial charge in [0.1, 0.15) is 0 Å². The number of hydrogen-bond acceptors (Lipinski definition) is 3. The van der Waals surface area contributed by atoms with Gasteiger partial charge in [0.25, 0.3) is 0 Å². The summed E-state index contributed by atoms with van der Waals surface area (Å²) in [6.07, 6.45) is 5.90. The number of hydrogen-bond donors (Lipinski definition) is 1.